The van der Waals surface area contributed by atoms with Gasteiger partial charge in [0.1, 0.15) is 0 Å². The fourth-order valence-electron chi connectivity index (χ4n) is 0.925. The zero-order chi connectivity index (χ0) is 8.65. The predicted octanol–water partition coefficient (Wildman–Crippen LogP) is 2.22. The summed E-state index contributed by atoms with van der Waals surface area (Å²) in [5.41, 5.74) is 0. The lowest BCUT2D eigenvalue weighted by Gasteiger charge is -1.80. The van der Waals surface area contributed by atoms with E-state index in [9.17, 15) is 0 Å². The number of benzene rings is 1. The van der Waals surface area contributed by atoms with Crippen molar-refractivity contribution >= 4 is 34.7 Å². The minimum Gasteiger partial charge on any atom is -0.381 e. The molecule has 1 aromatic carbocycles. The summed E-state index contributed by atoms with van der Waals surface area (Å²) in [5, 5.41) is 0.794. The van der Waals surface area contributed by atoms with Crippen LogP contribution in [0.2, 0.25) is 5.02 Å². The van der Waals surface area contributed by atoms with Crippen LogP contribution < -0.4 is 0 Å². The van der Waals surface area contributed by atoms with E-state index < -0.39 is 0 Å². The van der Waals surface area contributed by atoms with E-state index in [1.165, 1.54) is 12.8 Å². The number of hydrogen-bond acceptors (Lipinski definition) is 1. The lowest BCUT2D eigenvalue weighted by molar-refractivity contribution is 0.198. The minimum atomic E-state index is 0. The molecule has 1 aliphatic heterocycles. The van der Waals surface area contributed by atoms with Gasteiger partial charge in [0.15, 0.2) is 0 Å². The zero-order valence-corrected chi connectivity index (χ0v) is 7.76. The number of hydrogen-bond donors (Lipinski definition) is 0. The Hall–Kier alpha value is 0.236. The summed E-state index contributed by atoms with van der Waals surface area (Å²) >= 11 is 5.54. The van der Waals surface area contributed by atoms with E-state index in [1.807, 2.05) is 30.3 Å². The molecule has 0 aromatic heterocycles. The molecule has 0 radical (unpaired) electrons. The third kappa shape index (κ3) is 7.32. The summed E-state index contributed by atoms with van der Waals surface area (Å²) in [6, 6.07) is 9.44. The van der Waals surface area contributed by atoms with Gasteiger partial charge in [-0.15, -0.1) is 0 Å². The van der Waals surface area contributed by atoms with Crippen LogP contribution in [0.15, 0.2) is 30.3 Å². The van der Waals surface area contributed by atoms with Crippen LogP contribution in [0.4, 0.5) is 0 Å². The summed E-state index contributed by atoms with van der Waals surface area (Å²) in [4.78, 5) is 0. The first-order chi connectivity index (χ1) is 5.89. The van der Waals surface area contributed by atoms with Crippen molar-refractivity contribution in [3.8, 4) is 0 Å². The molecule has 0 amide bonds. The van der Waals surface area contributed by atoms with Crippen molar-refractivity contribution in [1.29, 1.82) is 0 Å². The first-order valence-electron chi connectivity index (χ1n) is 4.18. The second kappa shape index (κ2) is 8.82. The molecule has 3 heteroatoms. The van der Waals surface area contributed by atoms with E-state index >= 15 is 0 Å². The molecule has 13 heavy (non-hydrogen) atoms. The van der Waals surface area contributed by atoms with E-state index in [0.717, 1.165) is 18.2 Å². The standard InChI is InChI=1S/C6H5Cl.C4H8O.Mg.2H/c7-6-4-2-1-3-5-6;1-2-4-5-3-1;;;/h1-5H;1-4H2;;;. The van der Waals surface area contributed by atoms with Crippen molar-refractivity contribution in [3.05, 3.63) is 35.4 Å². The van der Waals surface area contributed by atoms with Crippen LogP contribution >= 0.6 is 11.6 Å². The Morgan fingerprint density at radius 3 is 1.77 bits per heavy atom. The van der Waals surface area contributed by atoms with Gasteiger partial charge in [-0.05, 0) is 25.0 Å². The molecule has 2 rings (SSSR count). The number of ether oxygens (including phenoxy) is 1. The fraction of sp³-hybridized carbons (Fsp3) is 0.400. The molecule has 0 unspecified atom stereocenters. The molecule has 1 aliphatic rings. The highest BCUT2D eigenvalue weighted by molar-refractivity contribution is 6.30. The molecule has 70 valence electrons. The van der Waals surface area contributed by atoms with Crippen LogP contribution in [0.1, 0.15) is 12.8 Å². The molecule has 0 aliphatic carbocycles. The summed E-state index contributed by atoms with van der Waals surface area (Å²) in [7, 11) is 0. The average Bonchev–Trinajstić information content (AvgIpc) is 2.62. The van der Waals surface area contributed by atoms with Crippen LogP contribution in [-0.2, 0) is 4.74 Å². The zero-order valence-electron chi connectivity index (χ0n) is 7.00. The lowest BCUT2D eigenvalue weighted by Crippen LogP contribution is -1.74. The SMILES string of the molecule is C1CCOC1.Clc1ccccc1.[MgH2]. The predicted molar refractivity (Wildman–Crippen MR) is 60.0 cm³/mol. The van der Waals surface area contributed by atoms with E-state index in [1.54, 1.807) is 0 Å². The molecule has 0 bridgehead atoms. The molecule has 0 N–H and O–H groups in total. The summed E-state index contributed by atoms with van der Waals surface area (Å²) in [6.07, 6.45) is 2.56. The van der Waals surface area contributed by atoms with Crippen molar-refractivity contribution in [2.75, 3.05) is 13.2 Å². The van der Waals surface area contributed by atoms with E-state index in [0.29, 0.717) is 0 Å². The largest absolute Gasteiger partial charge is 0.381 e. The maximum Gasteiger partial charge on any atom is 0.316 e. The van der Waals surface area contributed by atoms with Gasteiger partial charge in [-0.3, -0.25) is 0 Å². The minimum absolute atomic E-state index is 0. The molecular weight excluding hydrogens is 196 g/mol. The Balaban J connectivity index is 0.000000215. The average molecular weight is 211 g/mol. The molecule has 0 saturated carbocycles. The van der Waals surface area contributed by atoms with Crippen molar-refractivity contribution in [2.45, 2.75) is 12.8 Å². The monoisotopic (exact) mass is 210 g/mol. The summed E-state index contributed by atoms with van der Waals surface area (Å²) in [5.74, 6) is 0. The molecule has 1 saturated heterocycles. The van der Waals surface area contributed by atoms with E-state index in [4.69, 9.17) is 16.3 Å². The van der Waals surface area contributed by atoms with Crippen LogP contribution in [-0.4, -0.2) is 36.3 Å². The fourth-order valence-corrected chi connectivity index (χ4v) is 1.07. The maximum absolute atomic E-state index is 5.54. The van der Waals surface area contributed by atoms with Crippen LogP contribution in [0.3, 0.4) is 0 Å². The molecule has 1 aromatic rings. The smallest absolute Gasteiger partial charge is 0.316 e. The van der Waals surface area contributed by atoms with Crippen molar-refractivity contribution in [3.63, 3.8) is 0 Å². The second-order valence-corrected chi connectivity index (χ2v) is 3.05. The second-order valence-electron chi connectivity index (χ2n) is 2.62. The molecule has 0 atom stereocenters. The summed E-state index contributed by atoms with van der Waals surface area (Å²) < 4.78 is 4.94. The maximum atomic E-state index is 5.54. The Morgan fingerprint density at radius 2 is 1.54 bits per heavy atom. The van der Waals surface area contributed by atoms with Gasteiger partial charge in [0.05, 0.1) is 0 Å². The van der Waals surface area contributed by atoms with Gasteiger partial charge in [0.25, 0.3) is 0 Å². The number of halogens is 1. The van der Waals surface area contributed by atoms with Gasteiger partial charge in [0, 0.05) is 18.2 Å². The van der Waals surface area contributed by atoms with Crippen LogP contribution in [0.25, 0.3) is 0 Å². The normalized spacial score (nSPS) is 13.9. The third-order valence-electron chi connectivity index (χ3n) is 1.56. The molecule has 1 nitrogen and oxygen atoms in total. The lowest BCUT2D eigenvalue weighted by atomic mass is 10.4. The molecular formula is C10H15ClMgO. The van der Waals surface area contributed by atoms with Gasteiger partial charge in [-0.1, -0.05) is 29.8 Å². The first kappa shape index (κ1) is 13.2. The van der Waals surface area contributed by atoms with Gasteiger partial charge >= 0.3 is 23.1 Å². The number of rotatable bonds is 0. The highest BCUT2D eigenvalue weighted by atomic mass is 35.5. The van der Waals surface area contributed by atoms with Gasteiger partial charge in [-0.25, -0.2) is 0 Å². The molecule has 1 heterocycles. The quantitative estimate of drug-likeness (QED) is 0.597. The van der Waals surface area contributed by atoms with Crippen molar-refractivity contribution in [1.82, 2.24) is 0 Å². The Morgan fingerprint density at radius 1 is 1.00 bits per heavy atom. The topological polar surface area (TPSA) is 9.23 Å². The van der Waals surface area contributed by atoms with Gasteiger partial charge in [-0.2, -0.15) is 0 Å². The van der Waals surface area contributed by atoms with Gasteiger partial charge in [0.2, 0.25) is 0 Å². The third-order valence-corrected chi connectivity index (χ3v) is 1.81. The highest BCUT2D eigenvalue weighted by Gasteiger charge is 1.94. The Bertz CT molecular complexity index is 192. The Kier molecular flexibility index (Phi) is 8.98. The first-order valence-corrected chi connectivity index (χ1v) is 4.55. The summed E-state index contributed by atoms with van der Waals surface area (Å²) in [6.45, 7) is 2.00. The van der Waals surface area contributed by atoms with Crippen molar-refractivity contribution < 1.29 is 4.74 Å². The highest BCUT2D eigenvalue weighted by Crippen LogP contribution is 2.03. The molecule has 1 fully saturated rings. The molecule has 0 spiro atoms. The Labute approximate surface area is 101 Å². The van der Waals surface area contributed by atoms with Crippen LogP contribution in [0.5, 0.6) is 0 Å². The van der Waals surface area contributed by atoms with Gasteiger partial charge < -0.3 is 4.74 Å². The van der Waals surface area contributed by atoms with E-state index in [-0.39, 0.29) is 23.1 Å². The van der Waals surface area contributed by atoms with Crippen molar-refractivity contribution in [2.24, 2.45) is 0 Å². The van der Waals surface area contributed by atoms with Crippen LogP contribution in [0, 0.1) is 0 Å². The van der Waals surface area contributed by atoms with E-state index in [2.05, 4.69) is 0 Å².